The molecular weight excluding hydrogens is 321 g/mol. The van der Waals surface area contributed by atoms with E-state index in [1.165, 1.54) is 17.0 Å². The van der Waals surface area contributed by atoms with Gasteiger partial charge in [-0.3, -0.25) is 4.79 Å². The number of nitrogens with one attached hydrogen (secondary N) is 2. The first-order chi connectivity index (χ1) is 11.7. The first-order valence-corrected chi connectivity index (χ1v) is 7.86. The van der Waals surface area contributed by atoms with Crippen molar-refractivity contribution >= 4 is 17.6 Å². The lowest BCUT2D eigenvalue weighted by molar-refractivity contribution is 0.0828. The van der Waals surface area contributed by atoms with Crippen molar-refractivity contribution in [1.82, 2.24) is 10.2 Å². The summed E-state index contributed by atoms with van der Waals surface area (Å²) in [6, 6.07) is 12.3. The van der Waals surface area contributed by atoms with Crippen LogP contribution in [0.15, 0.2) is 48.5 Å². The number of nitrogens with zero attached hydrogens (tertiary/aromatic N) is 1. The summed E-state index contributed by atoms with van der Waals surface area (Å²) in [5, 5.41) is 5.55. The molecule has 0 fully saturated rings. The van der Waals surface area contributed by atoms with Gasteiger partial charge in [0.25, 0.3) is 5.91 Å². The van der Waals surface area contributed by atoms with Crippen LogP contribution in [0.4, 0.5) is 14.9 Å². The highest BCUT2D eigenvalue weighted by molar-refractivity contribution is 6.03. The lowest BCUT2D eigenvalue weighted by Crippen LogP contribution is -2.43. The van der Waals surface area contributed by atoms with Crippen molar-refractivity contribution in [3.05, 3.63) is 65.5 Å². The summed E-state index contributed by atoms with van der Waals surface area (Å²) in [5.41, 5.74) is 0.885. The van der Waals surface area contributed by atoms with E-state index in [1.807, 2.05) is 13.8 Å². The lowest BCUT2D eigenvalue weighted by atomic mass is 9.94. The Bertz CT molecular complexity index is 770. The number of amides is 3. The second-order valence-corrected chi connectivity index (χ2v) is 6.46. The maximum atomic E-state index is 13.1. The molecule has 2 aromatic carbocycles. The molecule has 0 heterocycles. The molecule has 5 nitrogen and oxygen atoms in total. The Kier molecular flexibility index (Phi) is 5.41. The highest BCUT2D eigenvalue weighted by Crippen LogP contribution is 2.21. The number of rotatable bonds is 4. The van der Waals surface area contributed by atoms with Crippen LogP contribution in [0.25, 0.3) is 0 Å². The van der Waals surface area contributed by atoms with E-state index < -0.39 is 11.6 Å². The molecular formula is C19H22FN3O2. The Balaban J connectivity index is 2.15. The number of carbonyl (C=O) groups excluding carboxylic acids is 2. The second kappa shape index (κ2) is 7.34. The van der Waals surface area contributed by atoms with Crippen LogP contribution in [0.5, 0.6) is 0 Å². The highest BCUT2D eigenvalue weighted by Gasteiger charge is 2.23. The molecule has 0 saturated carbocycles. The first-order valence-electron chi connectivity index (χ1n) is 7.86. The van der Waals surface area contributed by atoms with Gasteiger partial charge in [-0.2, -0.15) is 0 Å². The monoisotopic (exact) mass is 343 g/mol. The van der Waals surface area contributed by atoms with E-state index in [0.717, 1.165) is 5.56 Å². The molecule has 2 rings (SSSR count). The van der Waals surface area contributed by atoms with Crippen molar-refractivity contribution in [1.29, 1.82) is 0 Å². The largest absolute Gasteiger partial charge is 0.345 e. The van der Waals surface area contributed by atoms with Gasteiger partial charge in [-0.15, -0.1) is 0 Å². The summed E-state index contributed by atoms with van der Waals surface area (Å²) in [6.45, 7) is 3.63. The normalized spacial score (nSPS) is 10.9. The molecule has 0 unspecified atom stereocenters. The molecule has 3 amide bonds. The van der Waals surface area contributed by atoms with Gasteiger partial charge in [-0.1, -0.05) is 24.3 Å². The molecule has 6 heteroatoms. The Labute approximate surface area is 146 Å². The number of anilines is 1. The van der Waals surface area contributed by atoms with Crippen LogP contribution in [-0.4, -0.2) is 30.9 Å². The van der Waals surface area contributed by atoms with Crippen molar-refractivity contribution < 1.29 is 14.0 Å². The molecule has 0 bridgehead atoms. The fourth-order valence-corrected chi connectivity index (χ4v) is 2.40. The Morgan fingerprint density at radius 3 is 2.20 bits per heavy atom. The number of hydrogen-bond acceptors (Lipinski definition) is 2. The van der Waals surface area contributed by atoms with E-state index in [-0.39, 0.29) is 11.7 Å². The zero-order valence-electron chi connectivity index (χ0n) is 14.8. The SMILES string of the molecule is CN(C)C(=O)c1ccccc1NC(=O)NC(C)(C)c1ccc(F)cc1. The average Bonchev–Trinajstić information content (AvgIpc) is 2.54. The minimum absolute atomic E-state index is 0.200. The first kappa shape index (κ1) is 18.4. The van der Waals surface area contributed by atoms with Crippen molar-refractivity contribution in [2.45, 2.75) is 19.4 Å². The fraction of sp³-hybridized carbons (Fsp3) is 0.263. The molecule has 2 N–H and O–H groups in total. The zero-order valence-corrected chi connectivity index (χ0v) is 14.8. The van der Waals surface area contributed by atoms with Crippen LogP contribution in [0, 0.1) is 5.82 Å². The van der Waals surface area contributed by atoms with E-state index in [4.69, 9.17) is 0 Å². The van der Waals surface area contributed by atoms with E-state index in [0.29, 0.717) is 11.3 Å². The zero-order chi connectivity index (χ0) is 18.6. The van der Waals surface area contributed by atoms with Gasteiger partial charge in [0.05, 0.1) is 16.8 Å². The van der Waals surface area contributed by atoms with Crippen LogP contribution >= 0.6 is 0 Å². The molecule has 0 aromatic heterocycles. The van der Waals surface area contributed by atoms with Crippen molar-refractivity contribution in [2.75, 3.05) is 19.4 Å². The van der Waals surface area contributed by atoms with Gasteiger partial charge in [0.15, 0.2) is 0 Å². The summed E-state index contributed by atoms with van der Waals surface area (Å²) in [5.74, 6) is -0.533. The molecule has 0 aliphatic carbocycles. The minimum Gasteiger partial charge on any atom is -0.345 e. The molecule has 132 valence electrons. The van der Waals surface area contributed by atoms with Crippen molar-refractivity contribution in [3.8, 4) is 0 Å². The predicted molar refractivity (Wildman–Crippen MR) is 96.0 cm³/mol. The predicted octanol–water partition coefficient (Wildman–Crippen LogP) is 3.58. The summed E-state index contributed by atoms with van der Waals surface area (Å²) >= 11 is 0. The second-order valence-electron chi connectivity index (χ2n) is 6.46. The molecule has 0 spiro atoms. The van der Waals surface area contributed by atoms with E-state index in [2.05, 4.69) is 10.6 Å². The number of halogens is 1. The average molecular weight is 343 g/mol. The maximum Gasteiger partial charge on any atom is 0.319 e. The van der Waals surface area contributed by atoms with E-state index in [1.54, 1.807) is 50.5 Å². The number of para-hydroxylation sites is 1. The van der Waals surface area contributed by atoms with Crippen LogP contribution in [-0.2, 0) is 5.54 Å². The van der Waals surface area contributed by atoms with Crippen molar-refractivity contribution in [2.24, 2.45) is 0 Å². The van der Waals surface area contributed by atoms with Crippen LogP contribution in [0.2, 0.25) is 0 Å². The summed E-state index contributed by atoms with van der Waals surface area (Å²) in [6.07, 6.45) is 0. The molecule has 0 saturated heterocycles. The Morgan fingerprint density at radius 2 is 1.60 bits per heavy atom. The third-order valence-electron chi connectivity index (χ3n) is 3.80. The number of benzene rings is 2. The Hall–Kier alpha value is -2.89. The molecule has 25 heavy (non-hydrogen) atoms. The van der Waals surface area contributed by atoms with E-state index >= 15 is 0 Å². The minimum atomic E-state index is -0.710. The van der Waals surface area contributed by atoms with Gasteiger partial charge in [-0.05, 0) is 43.7 Å². The molecule has 2 aromatic rings. The number of hydrogen-bond donors (Lipinski definition) is 2. The van der Waals surface area contributed by atoms with Crippen LogP contribution < -0.4 is 10.6 Å². The standard InChI is InChI=1S/C19H22FN3O2/c1-19(2,13-9-11-14(20)12-10-13)22-18(25)21-16-8-6-5-7-15(16)17(24)23(3)4/h5-12H,1-4H3,(H2,21,22,25). The number of carbonyl (C=O) groups is 2. The summed E-state index contributed by atoms with van der Waals surface area (Å²) < 4.78 is 13.1. The highest BCUT2D eigenvalue weighted by atomic mass is 19.1. The van der Waals surface area contributed by atoms with Gasteiger partial charge in [0.1, 0.15) is 5.82 Å². The van der Waals surface area contributed by atoms with Crippen LogP contribution in [0.1, 0.15) is 29.8 Å². The third kappa shape index (κ3) is 4.56. The summed E-state index contributed by atoms with van der Waals surface area (Å²) in [7, 11) is 3.30. The fourth-order valence-electron chi connectivity index (χ4n) is 2.40. The van der Waals surface area contributed by atoms with Gasteiger partial charge >= 0.3 is 6.03 Å². The van der Waals surface area contributed by atoms with E-state index in [9.17, 15) is 14.0 Å². The topological polar surface area (TPSA) is 61.4 Å². The van der Waals surface area contributed by atoms with Gasteiger partial charge in [-0.25, -0.2) is 9.18 Å². The Morgan fingerprint density at radius 1 is 1.00 bits per heavy atom. The van der Waals surface area contributed by atoms with Gasteiger partial charge < -0.3 is 15.5 Å². The molecule has 0 aliphatic heterocycles. The quantitative estimate of drug-likeness (QED) is 0.891. The molecule has 0 aliphatic rings. The smallest absolute Gasteiger partial charge is 0.319 e. The van der Waals surface area contributed by atoms with Crippen LogP contribution in [0.3, 0.4) is 0 Å². The summed E-state index contributed by atoms with van der Waals surface area (Å²) in [4.78, 5) is 26.0. The maximum absolute atomic E-state index is 13.1. The number of urea groups is 1. The van der Waals surface area contributed by atoms with Crippen molar-refractivity contribution in [3.63, 3.8) is 0 Å². The van der Waals surface area contributed by atoms with Gasteiger partial charge in [0, 0.05) is 14.1 Å². The third-order valence-corrected chi connectivity index (χ3v) is 3.80. The lowest BCUT2D eigenvalue weighted by Gasteiger charge is -2.27. The molecule has 0 radical (unpaired) electrons. The molecule has 0 atom stereocenters. The van der Waals surface area contributed by atoms with Gasteiger partial charge in [0.2, 0.25) is 0 Å².